The minimum absolute atomic E-state index is 0.000324. The van der Waals surface area contributed by atoms with E-state index in [4.69, 9.17) is 5.73 Å². The predicted molar refractivity (Wildman–Crippen MR) is 65.0 cm³/mol. The molecule has 1 amide bonds. The predicted octanol–water partition coefficient (Wildman–Crippen LogP) is 1.95. The van der Waals surface area contributed by atoms with Gasteiger partial charge >= 0.3 is 0 Å². The van der Waals surface area contributed by atoms with Gasteiger partial charge in [0.05, 0.1) is 0 Å². The molecule has 3 heteroatoms. The third-order valence-electron chi connectivity index (χ3n) is 4.97. The average Bonchev–Trinajstić information content (AvgIpc) is 2.71. The summed E-state index contributed by atoms with van der Waals surface area (Å²) in [6.45, 7) is 0. The molecule has 0 heterocycles. The summed E-state index contributed by atoms with van der Waals surface area (Å²) >= 11 is 0. The summed E-state index contributed by atoms with van der Waals surface area (Å²) in [5.74, 6) is -0.170. The van der Waals surface area contributed by atoms with E-state index in [-0.39, 0.29) is 11.4 Å². The maximum absolute atomic E-state index is 11.1. The van der Waals surface area contributed by atoms with Crippen LogP contribution in [0.15, 0.2) is 0 Å². The first-order chi connectivity index (χ1) is 7.60. The Labute approximate surface area is 98.2 Å². The molecule has 0 aromatic rings. The zero-order valence-electron chi connectivity index (χ0n) is 10.3. The van der Waals surface area contributed by atoms with Gasteiger partial charge in [-0.05, 0) is 51.0 Å². The van der Waals surface area contributed by atoms with Crippen LogP contribution < -0.4 is 11.1 Å². The smallest absolute Gasteiger partial charge is 0.219 e. The van der Waals surface area contributed by atoms with E-state index in [1.54, 1.807) is 0 Å². The number of rotatable bonds is 3. The van der Waals surface area contributed by atoms with E-state index < -0.39 is 0 Å². The molecule has 16 heavy (non-hydrogen) atoms. The van der Waals surface area contributed by atoms with Crippen molar-refractivity contribution in [1.82, 2.24) is 5.32 Å². The molecule has 0 bridgehead atoms. The lowest BCUT2D eigenvalue weighted by atomic mass is 9.65. The first kappa shape index (κ1) is 11.9. The number of hydrogen-bond acceptors (Lipinski definition) is 2. The minimum Gasteiger partial charge on any atom is -0.370 e. The fourth-order valence-corrected chi connectivity index (χ4v) is 3.73. The number of nitrogens with two attached hydrogens (primary N) is 1. The number of carbonyl (C=O) groups is 1. The van der Waals surface area contributed by atoms with Gasteiger partial charge in [-0.2, -0.15) is 0 Å². The summed E-state index contributed by atoms with van der Waals surface area (Å²) in [4.78, 5) is 11.1. The Hall–Kier alpha value is -0.570. The van der Waals surface area contributed by atoms with Gasteiger partial charge in [-0.15, -0.1) is 0 Å². The Morgan fingerprint density at radius 2 is 1.69 bits per heavy atom. The van der Waals surface area contributed by atoms with Crippen molar-refractivity contribution in [3.63, 3.8) is 0 Å². The van der Waals surface area contributed by atoms with E-state index in [1.807, 2.05) is 7.05 Å². The van der Waals surface area contributed by atoms with Crippen LogP contribution in [0.1, 0.15) is 57.8 Å². The fourth-order valence-electron chi connectivity index (χ4n) is 3.73. The highest BCUT2D eigenvalue weighted by Crippen LogP contribution is 2.51. The molecule has 3 N–H and O–H groups in total. The monoisotopic (exact) mass is 224 g/mol. The lowest BCUT2D eigenvalue weighted by molar-refractivity contribution is -0.120. The van der Waals surface area contributed by atoms with Gasteiger partial charge in [0.25, 0.3) is 0 Å². The fraction of sp³-hybridized carbons (Fsp3) is 0.923. The molecule has 2 rings (SSSR count). The van der Waals surface area contributed by atoms with Crippen molar-refractivity contribution in [3.8, 4) is 0 Å². The van der Waals surface area contributed by atoms with Crippen molar-refractivity contribution in [2.24, 2.45) is 11.1 Å². The van der Waals surface area contributed by atoms with Crippen LogP contribution in [0.3, 0.4) is 0 Å². The van der Waals surface area contributed by atoms with E-state index in [9.17, 15) is 4.79 Å². The molecule has 0 aromatic heterocycles. The van der Waals surface area contributed by atoms with E-state index >= 15 is 0 Å². The zero-order chi connectivity index (χ0) is 11.6. The van der Waals surface area contributed by atoms with Gasteiger partial charge in [0.2, 0.25) is 5.91 Å². The van der Waals surface area contributed by atoms with Crippen LogP contribution in [0.4, 0.5) is 0 Å². The van der Waals surface area contributed by atoms with Gasteiger partial charge < -0.3 is 11.1 Å². The molecule has 0 aliphatic heterocycles. The molecule has 0 saturated heterocycles. The molecular weight excluding hydrogens is 200 g/mol. The molecule has 0 unspecified atom stereocenters. The van der Waals surface area contributed by atoms with Gasteiger partial charge in [-0.3, -0.25) is 4.79 Å². The number of hydrogen-bond donors (Lipinski definition) is 2. The highest BCUT2D eigenvalue weighted by Gasteiger charge is 2.43. The molecule has 2 saturated carbocycles. The summed E-state index contributed by atoms with van der Waals surface area (Å²) in [5, 5.41) is 3.35. The Bertz CT molecular complexity index is 259. The summed E-state index contributed by atoms with van der Waals surface area (Å²) in [5.41, 5.74) is 5.97. The van der Waals surface area contributed by atoms with E-state index in [1.165, 1.54) is 38.5 Å². The molecule has 2 aliphatic rings. The van der Waals surface area contributed by atoms with Crippen molar-refractivity contribution < 1.29 is 4.79 Å². The van der Waals surface area contributed by atoms with Crippen LogP contribution in [0.25, 0.3) is 0 Å². The third-order valence-corrected chi connectivity index (χ3v) is 4.97. The highest BCUT2D eigenvalue weighted by atomic mass is 16.1. The Morgan fingerprint density at radius 3 is 2.12 bits per heavy atom. The van der Waals surface area contributed by atoms with Crippen LogP contribution >= 0.6 is 0 Å². The molecule has 2 aliphatic carbocycles. The molecule has 0 atom stereocenters. The van der Waals surface area contributed by atoms with Crippen LogP contribution in [0.2, 0.25) is 0 Å². The Kier molecular flexibility index (Phi) is 3.24. The van der Waals surface area contributed by atoms with Gasteiger partial charge in [0.15, 0.2) is 0 Å². The average molecular weight is 224 g/mol. The van der Waals surface area contributed by atoms with Gasteiger partial charge in [-0.1, -0.05) is 12.8 Å². The second kappa shape index (κ2) is 4.36. The molecule has 0 aromatic carbocycles. The second-order valence-electron chi connectivity index (χ2n) is 5.88. The number of nitrogens with one attached hydrogen (secondary N) is 1. The minimum atomic E-state index is -0.170. The molecule has 0 radical (unpaired) electrons. The van der Waals surface area contributed by atoms with Crippen molar-refractivity contribution in [3.05, 3.63) is 0 Å². The lowest BCUT2D eigenvalue weighted by Gasteiger charge is -2.44. The Morgan fingerprint density at radius 1 is 1.12 bits per heavy atom. The SMILES string of the molecule is CNC1(CC(N)=O)CCC2(CCCC2)CC1. The first-order valence-electron chi connectivity index (χ1n) is 6.57. The van der Waals surface area contributed by atoms with Gasteiger partial charge in [0, 0.05) is 12.0 Å². The summed E-state index contributed by atoms with van der Waals surface area (Å²) < 4.78 is 0. The molecule has 3 nitrogen and oxygen atoms in total. The van der Waals surface area contributed by atoms with Crippen molar-refractivity contribution in [1.29, 1.82) is 0 Å². The van der Waals surface area contributed by atoms with E-state index in [0.29, 0.717) is 11.8 Å². The van der Waals surface area contributed by atoms with Gasteiger partial charge in [-0.25, -0.2) is 0 Å². The molecule has 92 valence electrons. The summed E-state index contributed by atoms with van der Waals surface area (Å²) in [6, 6.07) is 0. The van der Waals surface area contributed by atoms with Crippen LogP contribution in [-0.2, 0) is 4.79 Å². The standard InChI is InChI=1S/C13H24N2O/c1-15-13(10-11(14)16)8-6-12(7-9-13)4-2-3-5-12/h15H,2-10H2,1H3,(H2,14,16). The summed E-state index contributed by atoms with van der Waals surface area (Å²) in [6.07, 6.45) is 10.9. The largest absolute Gasteiger partial charge is 0.370 e. The molecule has 2 fully saturated rings. The maximum Gasteiger partial charge on any atom is 0.219 e. The second-order valence-corrected chi connectivity index (χ2v) is 5.88. The molecular formula is C13H24N2O. The number of carbonyl (C=O) groups excluding carboxylic acids is 1. The zero-order valence-corrected chi connectivity index (χ0v) is 10.3. The van der Waals surface area contributed by atoms with E-state index in [0.717, 1.165) is 12.8 Å². The number of primary amides is 1. The number of amides is 1. The third kappa shape index (κ3) is 2.24. The van der Waals surface area contributed by atoms with Crippen LogP contribution in [-0.4, -0.2) is 18.5 Å². The van der Waals surface area contributed by atoms with E-state index in [2.05, 4.69) is 5.32 Å². The Balaban J connectivity index is 1.98. The highest BCUT2D eigenvalue weighted by molar-refractivity contribution is 5.75. The maximum atomic E-state index is 11.1. The van der Waals surface area contributed by atoms with Gasteiger partial charge in [0.1, 0.15) is 0 Å². The normalized spacial score (nSPS) is 27.1. The van der Waals surface area contributed by atoms with Crippen LogP contribution in [0.5, 0.6) is 0 Å². The molecule has 1 spiro atoms. The van der Waals surface area contributed by atoms with Crippen molar-refractivity contribution in [2.45, 2.75) is 63.3 Å². The van der Waals surface area contributed by atoms with Crippen molar-refractivity contribution >= 4 is 5.91 Å². The lowest BCUT2D eigenvalue weighted by Crippen LogP contribution is -2.50. The quantitative estimate of drug-likeness (QED) is 0.770. The topological polar surface area (TPSA) is 55.1 Å². The van der Waals surface area contributed by atoms with Crippen LogP contribution in [0, 0.1) is 5.41 Å². The first-order valence-corrected chi connectivity index (χ1v) is 6.57. The van der Waals surface area contributed by atoms with Crippen molar-refractivity contribution in [2.75, 3.05) is 7.05 Å². The summed E-state index contributed by atoms with van der Waals surface area (Å²) in [7, 11) is 1.97.